The fraction of sp³-hybridized carbons (Fsp3) is 0.300. The zero-order valence-electron chi connectivity index (χ0n) is 15.5. The Morgan fingerprint density at radius 3 is 2.45 bits per heavy atom. The molecule has 3 aromatic rings. The van der Waals surface area contributed by atoms with Gasteiger partial charge in [-0.1, -0.05) is 0 Å². The highest BCUT2D eigenvalue weighted by Gasteiger charge is 2.33. The molecule has 0 bridgehead atoms. The third kappa shape index (κ3) is 3.64. The van der Waals surface area contributed by atoms with E-state index in [1.807, 2.05) is 4.90 Å². The standard InChI is InChI=1S/C20H17F4N3O2/c1-12-15-10-14(21)3-4-16(15)29-18(12)19(28)27-8-6-26(7-9-27)17-5-2-13(11-25-17)20(22,23)24/h2-5,10-11H,6-9H2,1H3/p+1. The van der Waals surface area contributed by atoms with Gasteiger partial charge in [0.2, 0.25) is 0 Å². The van der Waals surface area contributed by atoms with Crippen LogP contribution in [0.5, 0.6) is 0 Å². The predicted octanol–water partition coefficient (Wildman–Crippen LogP) is 3.68. The summed E-state index contributed by atoms with van der Waals surface area (Å²) >= 11 is 0. The Hall–Kier alpha value is -3.10. The molecule has 1 aliphatic heterocycles. The lowest BCUT2D eigenvalue weighted by molar-refractivity contribution is -0.367. The van der Waals surface area contributed by atoms with Gasteiger partial charge >= 0.3 is 6.18 Å². The first kappa shape index (κ1) is 19.2. The maximum absolute atomic E-state index is 13.5. The zero-order chi connectivity index (χ0) is 20.8. The fourth-order valence-electron chi connectivity index (χ4n) is 3.48. The summed E-state index contributed by atoms with van der Waals surface area (Å²) < 4.78 is 57.2. The van der Waals surface area contributed by atoms with E-state index < -0.39 is 17.6 Å². The molecule has 0 atom stereocenters. The van der Waals surface area contributed by atoms with Crippen molar-refractivity contribution in [1.29, 1.82) is 0 Å². The van der Waals surface area contributed by atoms with Gasteiger partial charge in [0.05, 0.1) is 18.7 Å². The number of aryl methyl sites for hydroxylation is 1. The first-order valence-electron chi connectivity index (χ1n) is 9.06. The van der Waals surface area contributed by atoms with Gasteiger partial charge in [0, 0.05) is 17.0 Å². The number of furan rings is 1. The van der Waals surface area contributed by atoms with Crippen LogP contribution in [0.25, 0.3) is 11.0 Å². The number of amides is 1. The molecule has 0 unspecified atom stereocenters. The highest BCUT2D eigenvalue weighted by atomic mass is 19.4. The molecule has 4 rings (SSSR count). The number of carbonyl (C=O) groups is 1. The molecule has 0 saturated carbocycles. The number of rotatable bonds is 2. The molecular formula is C20H18F4N3O2+. The van der Waals surface area contributed by atoms with Gasteiger partial charge in [0.1, 0.15) is 30.7 Å². The third-order valence-corrected chi connectivity index (χ3v) is 5.12. The molecule has 1 N–H and O–H groups in total. The van der Waals surface area contributed by atoms with Crippen LogP contribution in [-0.4, -0.2) is 37.0 Å². The number of hydrogen-bond acceptors (Lipinski definition) is 3. The lowest BCUT2D eigenvalue weighted by Gasteiger charge is -2.30. The molecule has 1 amide bonds. The quantitative estimate of drug-likeness (QED) is 0.608. The summed E-state index contributed by atoms with van der Waals surface area (Å²) in [6, 6.07) is 6.52. The minimum atomic E-state index is -4.40. The van der Waals surface area contributed by atoms with Crippen LogP contribution in [0.3, 0.4) is 0 Å². The second-order valence-corrected chi connectivity index (χ2v) is 6.94. The number of halogens is 4. The molecule has 1 fully saturated rings. The molecule has 1 aliphatic rings. The van der Waals surface area contributed by atoms with Crippen LogP contribution in [0, 0.1) is 12.7 Å². The van der Waals surface area contributed by atoms with Crippen LogP contribution < -0.4 is 9.88 Å². The van der Waals surface area contributed by atoms with E-state index in [1.54, 1.807) is 11.8 Å². The molecule has 5 nitrogen and oxygen atoms in total. The molecule has 0 spiro atoms. The average Bonchev–Trinajstić information content (AvgIpc) is 3.03. The zero-order valence-corrected chi connectivity index (χ0v) is 15.5. The van der Waals surface area contributed by atoms with Crippen molar-refractivity contribution in [1.82, 2.24) is 4.90 Å². The summed E-state index contributed by atoms with van der Waals surface area (Å²) in [5.41, 5.74) is 0.292. The molecule has 0 aliphatic carbocycles. The lowest BCUT2D eigenvalue weighted by Crippen LogP contribution is -2.50. The number of H-pyrrole nitrogens is 1. The first-order chi connectivity index (χ1) is 13.7. The van der Waals surface area contributed by atoms with E-state index in [1.165, 1.54) is 24.3 Å². The number of piperazine rings is 1. The number of pyridine rings is 1. The van der Waals surface area contributed by atoms with Crippen LogP contribution in [0.2, 0.25) is 0 Å². The Labute approximate surface area is 163 Å². The van der Waals surface area contributed by atoms with Crippen LogP contribution in [-0.2, 0) is 6.18 Å². The van der Waals surface area contributed by atoms with E-state index in [-0.39, 0.29) is 11.7 Å². The van der Waals surface area contributed by atoms with E-state index in [4.69, 9.17) is 4.42 Å². The minimum Gasteiger partial charge on any atom is -0.451 e. The number of aromatic amines is 1. The molecule has 2 aromatic heterocycles. The van der Waals surface area contributed by atoms with Crippen molar-refractivity contribution in [2.45, 2.75) is 13.1 Å². The minimum absolute atomic E-state index is 0.181. The molecule has 1 saturated heterocycles. The monoisotopic (exact) mass is 408 g/mol. The average molecular weight is 408 g/mol. The number of anilines is 1. The predicted molar refractivity (Wildman–Crippen MR) is 97.0 cm³/mol. The van der Waals surface area contributed by atoms with Crippen molar-refractivity contribution < 1.29 is 31.8 Å². The Bertz CT molecular complexity index is 1050. The number of nitrogens with one attached hydrogen (secondary N) is 1. The number of benzene rings is 1. The summed E-state index contributed by atoms with van der Waals surface area (Å²) in [6.07, 6.45) is -3.46. The van der Waals surface area contributed by atoms with Crippen molar-refractivity contribution in [3.63, 3.8) is 0 Å². The highest BCUT2D eigenvalue weighted by molar-refractivity contribution is 5.99. The van der Waals surface area contributed by atoms with Gasteiger partial charge in [0.25, 0.3) is 11.7 Å². The van der Waals surface area contributed by atoms with Crippen molar-refractivity contribution in [2.75, 3.05) is 31.1 Å². The normalized spacial score (nSPS) is 15.2. The fourth-order valence-corrected chi connectivity index (χ4v) is 3.48. The van der Waals surface area contributed by atoms with E-state index in [2.05, 4.69) is 4.98 Å². The molecule has 9 heteroatoms. The summed E-state index contributed by atoms with van der Waals surface area (Å²) in [6.45, 7) is 3.41. The van der Waals surface area contributed by atoms with E-state index in [0.29, 0.717) is 48.5 Å². The van der Waals surface area contributed by atoms with Gasteiger partial charge in [-0.25, -0.2) is 9.37 Å². The molecule has 29 heavy (non-hydrogen) atoms. The van der Waals surface area contributed by atoms with E-state index in [9.17, 15) is 22.4 Å². The van der Waals surface area contributed by atoms with Crippen LogP contribution in [0.15, 0.2) is 40.9 Å². The first-order valence-corrected chi connectivity index (χ1v) is 9.06. The van der Waals surface area contributed by atoms with Gasteiger partial charge in [-0.15, -0.1) is 0 Å². The van der Waals surface area contributed by atoms with Gasteiger partial charge < -0.3 is 9.32 Å². The van der Waals surface area contributed by atoms with Crippen molar-refractivity contribution in [2.24, 2.45) is 0 Å². The number of carbonyl (C=O) groups excluding carboxylic acids is 1. The molecule has 0 radical (unpaired) electrons. The van der Waals surface area contributed by atoms with Crippen molar-refractivity contribution in [3.8, 4) is 0 Å². The molecule has 1 aromatic carbocycles. The third-order valence-electron chi connectivity index (χ3n) is 5.12. The number of aromatic nitrogens is 1. The summed E-state index contributed by atoms with van der Waals surface area (Å²) in [5, 5.41) is 0.561. The lowest BCUT2D eigenvalue weighted by atomic mass is 10.1. The SMILES string of the molecule is Cc1c(C(=O)N2CCN(c3ccc(C(F)(F)F)c[nH+]3)CC2)oc2ccc(F)cc12. The van der Waals surface area contributed by atoms with Crippen molar-refractivity contribution >= 4 is 22.7 Å². The maximum atomic E-state index is 13.5. The van der Waals surface area contributed by atoms with Crippen LogP contribution >= 0.6 is 0 Å². The van der Waals surface area contributed by atoms with Gasteiger partial charge in [0.15, 0.2) is 5.76 Å². The van der Waals surface area contributed by atoms with Crippen molar-refractivity contribution in [3.05, 3.63) is 59.2 Å². The largest absolute Gasteiger partial charge is 0.451 e. The Morgan fingerprint density at radius 1 is 1.10 bits per heavy atom. The second kappa shape index (κ2) is 7.06. The van der Waals surface area contributed by atoms with E-state index in [0.717, 1.165) is 12.3 Å². The summed E-state index contributed by atoms with van der Waals surface area (Å²) in [7, 11) is 0. The van der Waals surface area contributed by atoms with Gasteiger partial charge in [-0.2, -0.15) is 13.2 Å². The topological polar surface area (TPSA) is 50.8 Å². The Balaban J connectivity index is 1.46. The van der Waals surface area contributed by atoms with Gasteiger partial charge in [-0.05, 0) is 31.2 Å². The number of alkyl halides is 3. The summed E-state index contributed by atoms with van der Waals surface area (Å²) in [4.78, 5) is 19.0. The Morgan fingerprint density at radius 2 is 1.83 bits per heavy atom. The second-order valence-electron chi connectivity index (χ2n) is 6.94. The Kier molecular flexibility index (Phi) is 4.68. The van der Waals surface area contributed by atoms with Gasteiger partial charge in [-0.3, -0.25) is 9.69 Å². The van der Waals surface area contributed by atoms with E-state index >= 15 is 0 Å². The summed E-state index contributed by atoms with van der Waals surface area (Å²) in [5.74, 6) is 0.0533. The number of hydrogen-bond donors (Lipinski definition) is 0. The molecular weight excluding hydrogens is 390 g/mol. The smallest absolute Gasteiger partial charge is 0.419 e. The van der Waals surface area contributed by atoms with Crippen LogP contribution in [0.1, 0.15) is 21.7 Å². The molecule has 152 valence electrons. The molecule has 3 heterocycles. The highest BCUT2D eigenvalue weighted by Crippen LogP contribution is 2.29. The number of nitrogens with zero attached hydrogens (tertiary/aromatic N) is 2. The maximum Gasteiger partial charge on any atom is 0.419 e. The van der Waals surface area contributed by atoms with Crippen LogP contribution in [0.4, 0.5) is 23.4 Å². The number of fused-ring (bicyclic) bond motifs is 1.